The Hall–Kier alpha value is -1.18. The summed E-state index contributed by atoms with van der Waals surface area (Å²) < 4.78 is 40.0. The second kappa shape index (κ2) is 5.47. The fraction of sp³-hybridized carbons (Fsp3) is 0.500. The highest BCUT2D eigenvalue weighted by Gasteiger charge is 2.45. The molecule has 2 fully saturated rings. The first-order valence-corrected chi connectivity index (χ1v) is 8.91. The van der Waals surface area contributed by atoms with Crippen LogP contribution < -0.4 is 0 Å². The molecule has 0 unspecified atom stereocenters. The number of rotatable bonds is 2. The summed E-state index contributed by atoms with van der Waals surface area (Å²) in [5.41, 5.74) is 0. The van der Waals surface area contributed by atoms with Crippen molar-refractivity contribution >= 4 is 27.5 Å². The van der Waals surface area contributed by atoms with Crippen molar-refractivity contribution in [2.24, 2.45) is 0 Å². The van der Waals surface area contributed by atoms with Crippen molar-refractivity contribution in [3.05, 3.63) is 29.0 Å². The Morgan fingerprint density at radius 3 is 2.77 bits per heavy atom. The third kappa shape index (κ3) is 2.41. The zero-order valence-electron chi connectivity index (χ0n) is 12.0. The van der Waals surface area contributed by atoms with Gasteiger partial charge in [-0.15, -0.1) is 0 Å². The molecular formula is C14H16ClFN2O3S. The fourth-order valence-electron chi connectivity index (χ4n) is 3.12. The maximum absolute atomic E-state index is 13.2. The van der Waals surface area contributed by atoms with E-state index in [2.05, 4.69) is 0 Å². The summed E-state index contributed by atoms with van der Waals surface area (Å²) in [4.78, 5) is 14.0. The second-order valence-electron chi connectivity index (χ2n) is 5.65. The smallest absolute Gasteiger partial charge is 0.243 e. The van der Waals surface area contributed by atoms with Crippen LogP contribution in [0.1, 0.15) is 19.8 Å². The first-order chi connectivity index (χ1) is 10.3. The molecule has 5 nitrogen and oxygen atoms in total. The van der Waals surface area contributed by atoms with Crippen molar-refractivity contribution in [2.45, 2.75) is 36.7 Å². The number of nitrogens with zero attached hydrogens (tertiary/aromatic N) is 2. The van der Waals surface area contributed by atoms with Crippen LogP contribution in [-0.2, 0) is 14.8 Å². The van der Waals surface area contributed by atoms with E-state index in [9.17, 15) is 17.6 Å². The number of piperazine rings is 1. The molecule has 0 aromatic heterocycles. The van der Waals surface area contributed by atoms with Crippen molar-refractivity contribution in [1.29, 1.82) is 0 Å². The summed E-state index contributed by atoms with van der Waals surface area (Å²) in [6.07, 6.45) is 1.69. The van der Waals surface area contributed by atoms with E-state index in [0.29, 0.717) is 6.54 Å². The lowest BCUT2D eigenvalue weighted by Crippen LogP contribution is -2.59. The van der Waals surface area contributed by atoms with Gasteiger partial charge in [-0.1, -0.05) is 11.6 Å². The highest BCUT2D eigenvalue weighted by Crippen LogP contribution is 2.30. The van der Waals surface area contributed by atoms with Gasteiger partial charge in [-0.05, 0) is 38.0 Å². The summed E-state index contributed by atoms with van der Waals surface area (Å²) in [5.74, 6) is -0.851. The number of hydrogen-bond donors (Lipinski definition) is 0. The lowest BCUT2D eigenvalue weighted by Gasteiger charge is -2.40. The number of halogens is 2. The van der Waals surface area contributed by atoms with Crippen LogP contribution in [0, 0.1) is 5.82 Å². The highest BCUT2D eigenvalue weighted by atomic mass is 35.5. The van der Waals surface area contributed by atoms with Gasteiger partial charge in [-0.2, -0.15) is 4.31 Å². The Morgan fingerprint density at radius 1 is 1.36 bits per heavy atom. The third-order valence-corrected chi connectivity index (χ3v) is 6.56. The van der Waals surface area contributed by atoms with Gasteiger partial charge in [0.25, 0.3) is 0 Å². The van der Waals surface area contributed by atoms with Crippen molar-refractivity contribution < 1.29 is 17.6 Å². The van der Waals surface area contributed by atoms with Crippen molar-refractivity contribution in [3.63, 3.8) is 0 Å². The summed E-state index contributed by atoms with van der Waals surface area (Å²) in [7, 11) is -3.89. The molecule has 3 rings (SSSR count). The lowest BCUT2D eigenvalue weighted by atomic mass is 10.1. The van der Waals surface area contributed by atoms with Gasteiger partial charge in [0.15, 0.2) is 0 Å². The van der Waals surface area contributed by atoms with Crippen LogP contribution in [0.25, 0.3) is 0 Å². The molecule has 2 saturated heterocycles. The normalized spacial score (nSPS) is 26.3. The molecule has 0 N–H and O–H groups in total. The average Bonchev–Trinajstić information content (AvgIpc) is 2.94. The van der Waals surface area contributed by atoms with Crippen LogP contribution in [0.4, 0.5) is 4.39 Å². The number of benzene rings is 1. The van der Waals surface area contributed by atoms with Crippen LogP contribution >= 0.6 is 11.6 Å². The van der Waals surface area contributed by atoms with Gasteiger partial charge in [0, 0.05) is 19.1 Å². The maximum atomic E-state index is 13.2. The average molecular weight is 347 g/mol. The Kier molecular flexibility index (Phi) is 3.91. The van der Waals surface area contributed by atoms with Crippen LogP contribution in [0.5, 0.6) is 0 Å². The van der Waals surface area contributed by atoms with E-state index in [-0.39, 0.29) is 28.4 Å². The Balaban J connectivity index is 1.97. The van der Waals surface area contributed by atoms with E-state index in [1.165, 1.54) is 10.4 Å². The molecule has 1 aromatic carbocycles. The molecule has 1 amide bonds. The van der Waals surface area contributed by atoms with E-state index in [4.69, 9.17) is 11.6 Å². The molecule has 2 aliphatic rings. The zero-order valence-corrected chi connectivity index (χ0v) is 13.6. The summed E-state index contributed by atoms with van der Waals surface area (Å²) in [6, 6.07) is 2.45. The number of fused-ring (bicyclic) bond motifs is 1. The molecule has 22 heavy (non-hydrogen) atoms. The van der Waals surface area contributed by atoms with Gasteiger partial charge in [-0.3, -0.25) is 4.79 Å². The van der Waals surface area contributed by atoms with Gasteiger partial charge in [0.05, 0.1) is 9.92 Å². The molecule has 2 heterocycles. The second-order valence-corrected chi connectivity index (χ2v) is 7.95. The number of carbonyl (C=O) groups is 1. The molecule has 8 heteroatoms. The molecule has 0 saturated carbocycles. The Bertz CT molecular complexity index is 725. The third-order valence-electron chi connectivity index (χ3n) is 4.34. The molecule has 1 aromatic rings. The number of carbonyl (C=O) groups excluding carboxylic acids is 1. The minimum absolute atomic E-state index is 0.0746. The topological polar surface area (TPSA) is 57.7 Å². The molecular weight excluding hydrogens is 331 g/mol. The standard InChI is InChI=1S/C14H16ClFN2O3S/c1-9-14(19)17-6-2-3-10(17)8-18(9)22(20,21)11-4-5-13(16)12(15)7-11/h4-5,7,9-10H,2-3,6,8H2,1H3/t9-,10-/m1/s1. The van der Waals surface area contributed by atoms with E-state index in [1.807, 2.05) is 0 Å². The lowest BCUT2D eigenvalue weighted by molar-refractivity contribution is -0.139. The first-order valence-electron chi connectivity index (χ1n) is 7.10. The summed E-state index contributed by atoms with van der Waals surface area (Å²) in [5, 5.41) is -0.250. The molecule has 0 bridgehead atoms. The quantitative estimate of drug-likeness (QED) is 0.821. The van der Waals surface area contributed by atoms with Crippen molar-refractivity contribution in [3.8, 4) is 0 Å². The number of amides is 1. The summed E-state index contributed by atoms with van der Waals surface area (Å²) in [6.45, 7) is 2.54. The van der Waals surface area contributed by atoms with Crippen LogP contribution in [0.3, 0.4) is 0 Å². The van der Waals surface area contributed by atoms with Gasteiger partial charge in [0.1, 0.15) is 11.9 Å². The van der Waals surface area contributed by atoms with E-state index >= 15 is 0 Å². The molecule has 0 radical (unpaired) electrons. The van der Waals surface area contributed by atoms with E-state index in [0.717, 1.165) is 25.0 Å². The van der Waals surface area contributed by atoms with E-state index < -0.39 is 21.9 Å². The zero-order chi connectivity index (χ0) is 16.1. The first kappa shape index (κ1) is 15.7. The van der Waals surface area contributed by atoms with Crippen molar-refractivity contribution in [2.75, 3.05) is 13.1 Å². The van der Waals surface area contributed by atoms with Gasteiger partial charge in [0.2, 0.25) is 15.9 Å². The van der Waals surface area contributed by atoms with Crippen molar-refractivity contribution in [1.82, 2.24) is 9.21 Å². The molecule has 2 atom stereocenters. The molecule has 0 spiro atoms. The molecule has 120 valence electrons. The minimum Gasteiger partial charge on any atom is -0.337 e. The summed E-state index contributed by atoms with van der Waals surface area (Å²) >= 11 is 5.68. The Morgan fingerprint density at radius 2 is 2.09 bits per heavy atom. The van der Waals surface area contributed by atoms with Gasteiger partial charge in [-0.25, -0.2) is 12.8 Å². The highest BCUT2D eigenvalue weighted by molar-refractivity contribution is 7.89. The van der Waals surface area contributed by atoms with Gasteiger partial charge >= 0.3 is 0 Å². The van der Waals surface area contributed by atoms with Crippen LogP contribution in [0.15, 0.2) is 23.1 Å². The molecule has 0 aliphatic carbocycles. The molecule has 2 aliphatic heterocycles. The minimum atomic E-state index is -3.89. The van der Waals surface area contributed by atoms with E-state index in [1.54, 1.807) is 11.8 Å². The number of sulfonamides is 1. The monoisotopic (exact) mass is 346 g/mol. The van der Waals surface area contributed by atoms with Crippen LogP contribution in [-0.4, -0.2) is 48.7 Å². The largest absolute Gasteiger partial charge is 0.337 e. The number of hydrogen-bond acceptors (Lipinski definition) is 3. The predicted molar refractivity (Wildman–Crippen MR) is 79.5 cm³/mol. The van der Waals surface area contributed by atoms with Crippen LogP contribution in [0.2, 0.25) is 5.02 Å². The Labute approximate surface area is 133 Å². The van der Waals surface area contributed by atoms with Gasteiger partial charge < -0.3 is 4.90 Å². The predicted octanol–water partition coefficient (Wildman–Crippen LogP) is 1.86. The SMILES string of the molecule is C[C@@H]1C(=O)N2CCC[C@@H]2CN1S(=O)(=O)c1ccc(F)c(Cl)c1. The maximum Gasteiger partial charge on any atom is 0.243 e. The fourth-order valence-corrected chi connectivity index (χ4v) is 5.02.